The second kappa shape index (κ2) is 11.0. The molecule has 196 valence electrons. The molecular weight excluding hydrogens is 539 g/mol. The zero-order valence-electron chi connectivity index (χ0n) is 20.9. The zero-order chi connectivity index (χ0) is 26.9. The number of halogens is 2. The van der Waals surface area contributed by atoms with Gasteiger partial charge in [0.2, 0.25) is 5.91 Å². The fourth-order valence-electron chi connectivity index (χ4n) is 5.63. The molecule has 1 amide bonds. The second-order valence-electron chi connectivity index (χ2n) is 10.2. The minimum Gasteiger partial charge on any atom is -0.481 e. The highest BCUT2D eigenvalue weighted by Gasteiger charge is 2.50. The third-order valence-electron chi connectivity index (χ3n) is 7.32. The number of likely N-dealkylation sites (tertiary alicyclic amines) is 1. The van der Waals surface area contributed by atoms with Crippen LogP contribution in [-0.4, -0.2) is 33.4 Å². The van der Waals surface area contributed by atoms with Crippen LogP contribution in [-0.2, 0) is 16.0 Å². The Morgan fingerprint density at radius 1 is 1.05 bits per heavy atom. The van der Waals surface area contributed by atoms with Crippen LogP contribution in [0.25, 0.3) is 10.2 Å². The molecule has 5 nitrogen and oxygen atoms in total. The summed E-state index contributed by atoms with van der Waals surface area (Å²) in [7, 11) is 0. The molecule has 1 aliphatic heterocycles. The number of piperidine rings is 1. The van der Waals surface area contributed by atoms with Gasteiger partial charge in [-0.15, -0.1) is 11.3 Å². The summed E-state index contributed by atoms with van der Waals surface area (Å²) in [6.07, 6.45) is 1.61. The van der Waals surface area contributed by atoms with Crippen molar-refractivity contribution < 1.29 is 14.7 Å². The minimum atomic E-state index is -1.04. The summed E-state index contributed by atoms with van der Waals surface area (Å²) in [6.45, 7) is 2.26. The highest BCUT2D eigenvalue weighted by Crippen LogP contribution is 2.51. The second-order valence-corrected chi connectivity index (χ2v) is 12.2. The van der Waals surface area contributed by atoms with E-state index in [1.54, 1.807) is 18.3 Å². The summed E-state index contributed by atoms with van der Waals surface area (Å²) in [6, 6.07) is 23.0. The highest BCUT2D eigenvalue weighted by molar-refractivity contribution is 7.18. The first-order chi connectivity index (χ1) is 18.2. The number of fused-ring (bicyclic) bond motifs is 1. The molecule has 1 aliphatic rings. The molecule has 1 saturated heterocycles. The Labute approximate surface area is 236 Å². The Bertz CT molecular complexity index is 1440. The number of carbonyl (C=O) groups excluding carboxylic acids is 1. The number of thiazole rings is 1. The van der Waals surface area contributed by atoms with Gasteiger partial charge in [0.1, 0.15) is 0 Å². The highest BCUT2D eigenvalue weighted by atomic mass is 35.5. The van der Waals surface area contributed by atoms with E-state index in [2.05, 4.69) is 6.07 Å². The van der Waals surface area contributed by atoms with Crippen molar-refractivity contribution in [2.45, 2.75) is 44.6 Å². The number of carbonyl (C=O) groups is 2. The Balaban J connectivity index is 1.51. The average molecular weight is 568 g/mol. The number of hydrogen-bond acceptors (Lipinski definition) is 4. The summed E-state index contributed by atoms with van der Waals surface area (Å²) in [4.78, 5) is 32.6. The number of aliphatic carboxylic acids is 1. The number of aromatic nitrogens is 1. The van der Waals surface area contributed by atoms with Gasteiger partial charge in [0, 0.05) is 28.9 Å². The van der Waals surface area contributed by atoms with E-state index in [-0.39, 0.29) is 24.3 Å². The van der Waals surface area contributed by atoms with Gasteiger partial charge in [0.05, 0.1) is 33.1 Å². The molecule has 0 saturated carbocycles. The number of rotatable bonds is 8. The number of aryl methyl sites for hydroxylation is 1. The molecule has 3 atom stereocenters. The molecule has 8 heteroatoms. The normalized spacial score (nSPS) is 21.7. The number of amides is 1. The number of para-hydroxylation sites is 1. The minimum absolute atomic E-state index is 0.137. The molecule has 1 N–H and O–H groups in total. The molecule has 2 heterocycles. The van der Waals surface area contributed by atoms with E-state index in [0.29, 0.717) is 29.4 Å². The summed E-state index contributed by atoms with van der Waals surface area (Å²) < 4.78 is 1.14. The van der Waals surface area contributed by atoms with Crippen LogP contribution < -0.4 is 0 Å². The summed E-state index contributed by atoms with van der Waals surface area (Å²) >= 11 is 14.3. The Morgan fingerprint density at radius 3 is 2.53 bits per heavy atom. The van der Waals surface area contributed by atoms with Crippen molar-refractivity contribution >= 4 is 56.6 Å². The lowest BCUT2D eigenvalue weighted by Crippen LogP contribution is -2.52. The Kier molecular flexibility index (Phi) is 7.75. The molecular formula is C30H28Cl2N2O3S. The van der Waals surface area contributed by atoms with Gasteiger partial charge in [-0.05, 0) is 60.4 Å². The summed E-state index contributed by atoms with van der Waals surface area (Å²) in [5.41, 5.74) is 1.89. The number of carboxylic acids is 1. The first kappa shape index (κ1) is 26.7. The van der Waals surface area contributed by atoms with Crippen LogP contribution in [0.15, 0.2) is 72.8 Å². The number of benzene rings is 3. The Hall–Kier alpha value is -2.93. The lowest BCUT2D eigenvalue weighted by atomic mass is 9.67. The van der Waals surface area contributed by atoms with Crippen molar-refractivity contribution in [3.8, 4) is 0 Å². The van der Waals surface area contributed by atoms with Crippen LogP contribution in [0, 0.1) is 5.41 Å². The van der Waals surface area contributed by atoms with Gasteiger partial charge in [-0.3, -0.25) is 9.59 Å². The monoisotopic (exact) mass is 566 g/mol. The van der Waals surface area contributed by atoms with Gasteiger partial charge >= 0.3 is 5.97 Å². The number of hydrogen-bond donors (Lipinski definition) is 1. The number of nitrogens with zero attached hydrogens (tertiary/aromatic N) is 2. The third kappa shape index (κ3) is 5.58. The van der Waals surface area contributed by atoms with Crippen molar-refractivity contribution in [2.75, 3.05) is 6.54 Å². The average Bonchev–Trinajstić information content (AvgIpc) is 3.30. The van der Waals surface area contributed by atoms with E-state index in [9.17, 15) is 14.7 Å². The fourth-order valence-corrected chi connectivity index (χ4v) is 6.97. The lowest BCUT2D eigenvalue weighted by molar-refractivity contribution is -0.157. The maximum atomic E-state index is 14.1. The first-order valence-corrected chi connectivity index (χ1v) is 14.2. The third-order valence-corrected chi connectivity index (χ3v) is 8.91. The van der Waals surface area contributed by atoms with Gasteiger partial charge in [0.25, 0.3) is 0 Å². The van der Waals surface area contributed by atoms with Crippen LogP contribution in [0.4, 0.5) is 0 Å². The van der Waals surface area contributed by atoms with Crippen molar-refractivity contribution in [1.29, 1.82) is 0 Å². The molecule has 0 bridgehead atoms. The van der Waals surface area contributed by atoms with Crippen LogP contribution in [0.1, 0.15) is 54.3 Å². The van der Waals surface area contributed by atoms with E-state index in [0.717, 1.165) is 32.8 Å². The maximum absolute atomic E-state index is 14.1. The van der Waals surface area contributed by atoms with Gasteiger partial charge in [0.15, 0.2) is 0 Å². The van der Waals surface area contributed by atoms with Crippen LogP contribution >= 0.6 is 34.5 Å². The molecule has 4 aromatic rings. The fraction of sp³-hybridized carbons (Fsp3) is 0.300. The molecule has 1 fully saturated rings. The van der Waals surface area contributed by atoms with Crippen LogP contribution in [0.5, 0.6) is 0 Å². The van der Waals surface area contributed by atoms with Crippen molar-refractivity contribution in [2.24, 2.45) is 5.41 Å². The molecule has 1 aromatic heterocycles. The van der Waals surface area contributed by atoms with E-state index in [1.807, 2.05) is 71.6 Å². The maximum Gasteiger partial charge on any atom is 0.304 e. The molecule has 0 radical (unpaired) electrons. The van der Waals surface area contributed by atoms with E-state index in [4.69, 9.17) is 28.2 Å². The van der Waals surface area contributed by atoms with E-state index < -0.39 is 11.4 Å². The number of carboxylic acid groups (broad SMARTS) is 1. The van der Waals surface area contributed by atoms with E-state index >= 15 is 0 Å². The molecule has 38 heavy (non-hydrogen) atoms. The SMILES string of the molecule is CC1(CC(=O)O)CC(c2cccc(Cl)c2)C(c2ccc(Cl)cc2)N(CCCc2nc3ccccc3s2)C1=O. The van der Waals surface area contributed by atoms with Crippen molar-refractivity contribution in [3.05, 3.63) is 99.0 Å². The smallest absolute Gasteiger partial charge is 0.304 e. The standard InChI is InChI=1S/C30H28Cl2N2O3S/c1-30(18-27(35)36)17-23(20-6-4-7-22(32)16-20)28(19-11-13-21(31)14-12-19)34(29(30)37)15-5-10-26-33-24-8-2-3-9-25(24)38-26/h2-4,6-9,11-14,16,23,28H,5,10,15,17-18H2,1H3,(H,35,36). The molecule has 0 spiro atoms. The molecule has 5 rings (SSSR count). The molecule has 0 aliphatic carbocycles. The predicted molar refractivity (Wildman–Crippen MR) is 153 cm³/mol. The van der Waals surface area contributed by atoms with Crippen LogP contribution in [0.2, 0.25) is 10.0 Å². The van der Waals surface area contributed by atoms with Gasteiger partial charge in [-0.25, -0.2) is 4.98 Å². The van der Waals surface area contributed by atoms with E-state index in [1.165, 1.54) is 0 Å². The summed E-state index contributed by atoms with van der Waals surface area (Å²) in [5, 5.41) is 12.0. The van der Waals surface area contributed by atoms with Gasteiger partial charge < -0.3 is 10.0 Å². The Morgan fingerprint density at radius 2 is 1.82 bits per heavy atom. The van der Waals surface area contributed by atoms with Gasteiger partial charge in [-0.1, -0.05) is 66.5 Å². The largest absolute Gasteiger partial charge is 0.481 e. The van der Waals surface area contributed by atoms with Crippen molar-refractivity contribution in [3.63, 3.8) is 0 Å². The molecule has 3 unspecified atom stereocenters. The predicted octanol–water partition coefficient (Wildman–Crippen LogP) is 7.77. The quantitative estimate of drug-likeness (QED) is 0.236. The zero-order valence-corrected chi connectivity index (χ0v) is 23.3. The topological polar surface area (TPSA) is 70.5 Å². The first-order valence-electron chi connectivity index (χ1n) is 12.6. The lowest BCUT2D eigenvalue weighted by Gasteiger charge is -2.49. The summed E-state index contributed by atoms with van der Waals surface area (Å²) in [5.74, 6) is -1.26. The van der Waals surface area contributed by atoms with Gasteiger partial charge in [-0.2, -0.15) is 0 Å². The van der Waals surface area contributed by atoms with Crippen molar-refractivity contribution in [1.82, 2.24) is 9.88 Å². The van der Waals surface area contributed by atoms with Crippen LogP contribution in [0.3, 0.4) is 0 Å². The molecule has 3 aromatic carbocycles.